The number of benzene rings is 1. The summed E-state index contributed by atoms with van der Waals surface area (Å²) in [6, 6.07) is 8.73. The van der Waals surface area contributed by atoms with Crippen LogP contribution in [0.25, 0.3) is 0 Å². The monoisotopic (exact) mass is 281 g/mol. The van der Waals surface area contributed by atoms with Crippen molar-refractivity contribution in [2.75, 3.05) is 13.6 Å². The van der Waals surface area contributed by atoms with Gasteiger partial charge in [0.2, 0.25) is 0 Å². The third kappa shape index (κ3) is 3.08. The lowest BCUT2D eigenvalue weighted by Crippen LogP contribution is -2.31. The number of nitrogens with one attached hydrogen (secondary N) is 1. The van der Waals surface area contributed by atoms with Crippen LogP contribution in [0.1, 0.15) is 24.8 Å². The van der Waals surface area contributed by atoms with Gasteiger partial charge in [-0.05, 0) is 49.5 Å². The van der Waals surface area contributed by atoms with Crippen molar-refractivity contribution in [2.45, 2.75) is 25.7 Å². The molecule has 0 heterocycles. The minimum atomic E-state index is 0.813. The molecule has 1 fully saturated rings. The Morgan fingerprint density at radius 3 is 2.81 bits per heavy atom. The van der Waals surface area contributed by atoms with E-state index in [4.69, 9.17) is 0 Å². The molecule has 0 aromatic heterocycles. The number of rotatable bonds is 5. The summed E-state index contributed by atoms with van der Waals surface area (Å²) >= 11 is 3.54. The van der Waals surface area contributed by atoms with E-state index < -0.39 is 0 Å². The van der Waals surface area contributed by atoms with Crippen LogP contribution in [0.5, 0.6) is 0 Å². The maximum absolute atomic E-state index is 3.54. The summed E-state index contributed by atoms with van der Waals surface area (Å²) in [5, 5.41) is 3.34. The van der Waals surface area contributed by atoms with E-state index in [1.807, 2.05) is 0 Å². The van der Waals surface area contributed by atoms with Crippen LogP contribution in [0.2, 0.25) is 0 Å². The lowest BCUT2D eigenvalue weighted by molar-refractivity contribution is 0.202. The summed E-state index contributed by atoms with van der Waals surface area (Å²) in [4.78, 5) is 0. The highest BCUT2D eigenvalue weighted by Gasteiger charge is 2.26. The molecular weight excluding hydrogens is 262 g/mol. The second-order valence-corrected chi connectivity index (χ2v) is 5.76. The van der Waals surface area contributed by atoms with Crippen molar-refractivity contribution in [3.05, 3.63) is 34.3 Å². The first-order valence-electron chi connectivity index (χ1n) is 6.18. The largest absolute Gasteiger partial charge is 0.319 e. The number of hydrogen-bond acceptors (Lipinski definition) is 1. The molecule has 1 atom stereocenters. The van der Waals surface area contributed by atoms with Crippen LogP contribution < -0.4 is 5.32 Å². The summed E-state index contributed by atoms with van der Waals surface area (Å²) in [6.45, 7) is 1.15. The molecule has 0 radical (unpaired) electrons. The van der Waals surface area contributed by atoms with Gasteiger partial charge in [-0.15, -0.1) is 0 Å². The van der Waals surface area contributed by atoms with Crippen molar-refractivity contribution in [1.82, 2.24) is 5.32 Å². The molecule has 1 aromatic rings. The van der Waals surface area contributed by atoms with Crippen LogP contribution in [0.4, 0.5) is 0 Å². The van der Waals surface area contributed by atoms with Crippen molar-refractivity contribution < 1.29 is 0 Å². The minimum Gasteiger partial charge on any atom is -0.319 e. The van der Waals surface area contributed by atoms with E-state index in [9.17, 15) is 0 Å². The third-order valence-corrected chi connectivity index (χ3v) is 4.16. The average molecular weight is 282 g/mol. The molecule has 0 bridgehead atoms. The zero-order valence-electron chi connectivity index (χ0n) is 9.88. The zero-order valence-corrected chi connectivity index (χ0v) is 11.5. The molecule has 16 heavy (non-hydrogen) atoms. The fraction of sp³-hybridized carbons (Fsp3) is 0.571. The van der Waals surface area contributed by atoms with Gasteiger partial charge in [0.25, 0.3) is 0 Å². The second kappa shape index (κ2) is 5.83. The molecule has 0 spiro atoms. The molecule has 0 amide bonds. The van der Waals surface area contributed by atoms with Crippen LogP contribution in [0, 0.1) is 11.8 Å². The van der Waals surface area contributed by atoms with E-state index >= 15 is 0 Å². The highest BCUT2D eigenvalue weighted by atomic mass is 79.9. The Kier molecular flexibility index (Phi) is 4.42. The van der Waals surface area contributed by atoms with Gasteiger partial charge in [0.1, 0.15) is 0 Å². The van der Waals surface area contributed by atoms with Crippen molar-refractivity contribution in [1.29, 1.82) is 0 Å². The lowest BCUT2D eigenvalue weighted by atomic mass is 9.73. The maximum Gasteiger partial charge on any atom is 0.0177 e. The summed E-state index contributed by atoms with van der Waals surface area (Å²) in [7, 11) is 2.06. The Bertz CT molecular complexity index is 333. The van der Waals surface area contributed by atoms with E-state index in [1.165, 1.54) is 35.7 Å². The number of halogens is 1. The van der Waals surface area contributed by atoms with Crippen LogP contribution in [0.15, 0.2) is 28.7 Å². The highest BCUT2D eigenvalue weighted by Crippen LogP contribution is 2.35. The molecule has 2 rings (SSSR count). The molecule has 0 saturated heterocycles. The highest BCUT2D eigenvalue weighted by molar-refractivity contribution is 9.10. The first-order chi connectivity index (χ1) is 7.79. The van der Waals surface area contributed by atoms with Crippen molar-refractivity contribution in [2.24, 2.45) is 11.8 Å². The van der Waals surface area contributed by atoms with Gasteiger partial charge in [0.05, 0.1) is 0 Å². The fourth-order valence-electron chi connectivity index (χ4n) is 2.55. The van der Waals surface area contributed by atoms with Crippen molar-refractivity contribution >= 4 is 15.9 Å². The van der Waals surface area contributed by atoms with Gasteiger partial charge in [-0.2, -0.15) is 0 Å². The quantitative estimate of drug-likeness (QED) is 0.869. The van der Waals surface area contributed by atoms with Crippen molar-refractivity contribution in [3.8, 4) is 0 Å². The first kappa shape index (κ1) is 12.1. The Labute approximate surface area is 107 Å². The normalized spacial score (nSPS) is 18.1. The molecule has 1 N–H and O–H groups in total. The van der Waals surface area contributed by atoms with Crippen LogP contribution in [0.3, 0.4) is 0 Å². The molecular formula is C14H20BrN. The zero-order chi connectivity index (χ0) is 11.4. The fourth-order valence-corrected chi connectivity index (χ4v) is 2.99. The lowest BCUT2D eigenvalue weighted by Gasteiger charge is -2.34. The molecule has 0 aliphatic heterocycles. The van der Waals surface area contributed by atoms with Crippen LogP contribution in [-0.4, -0.2) is 13.6 Å². The van der Waals surface area contributed by atoms with E-state index in [1.54, 1.807) is 0 Å². The van der Waals surface area contributed by atoms with E-state index in [0.29, 0.717) is 0 Å². The van der Waals surface area contributed by atoms with Gasteiger partial charge < -0.3 is 5.32 Å². The number of hydrogen-bond donors (Lipinski definition) is 1. The van der Waals surface area contributed by atoms with E-state index in [-0.39, 0.29) is 0 Å². The molecule has 1 aliphatic carbocycles. The second-order valence-electron chi connectivity index (χ2n) is 4.84. The third-order valence-electron chi connectivity index (χ3n) is 3.67. The van der Waals surface area contributed by atoms with Gasteiger partial charge in [0, 0.05) is 4.47 Å². The topological polar surface area (TPSA) is 12.0 Å². The molecule has 1 aromatic carbocycles. The van der Waals surface area contributed by atoms with Gasteiger partial charge in [-0.25, -0.2) is 0 Å². The Balaban J connectivity index is 1.98. The standard InChI is InChI=1S/C14H20BrN/c1-16-10-13(12-5-3-6-12)8-11-4-2-7-14(15)9-11/h2,4,7,9,12-13,16H,3,5-6,8,10H2,1H3. The van der Waals surface area contributed by atoms with E-state index in [2.05, 4.69) is 52.6 Å². The Hall–Kier alpha value is -0.340. The van der Waals surface area contributed by atoms with Crippen LogP contribution in [-0.2, 0) is 6.42 Å². The van der Waals surface area contributed by atoms with Gasteiger partial charge in [0.15, 0.2) is 0 Å². The first-order valence-corrected chi connectivity index (χ1v) is 6.98. The SMILES string of the molecule is CNCC(Cc1cccc(Br)c1)C1CCC1. The van der Waals surface area contributed by atoms with E-state index in [0.717, 1.165) is 18.4 Å². The molecule has 88 valence electrons. The minimum absolute atomic E-state index is 0.813. The van der Waals surface area contributed by atoms with Crippen LogP contribution >= 0.6 is 15.9 Å². The van der Waals surface area contributed by atoms with Gasteiger partial charge in [-0.1, -0.05) is 47.3 Å². The predicted octanol–water partition coefficient (Wildman–Crippen LogP) is 3.63. The summed E-state index contributed by atoms with van der Waals surface area (Å²) in [5.74, 6) is 1.76. The Morgan fingerprint density at radius 2 is 2.25 bits per heavy atom. The molecule has 1 nitrogen and oxygen atoms in total. The smallest absolute Gasteiger partial charge is 0.0177 e. The predicted molar refractivity (Wildman–Crippen MR) is 72.6 cm³/mol. The average Bonchev–Trinajstić information content (AvgIpc) is 2.15. The maximum atomic E-state index is 3.54. The summed E-state index contributed by atoms with van der Waals surface area (Å²) < 4.78 is 1.20. The summed E-state index contributed by atoms with van der Waals surface area (Å²) in [5.41, 5.74) is 1.46. The molecule has 1 aliphatic rings. The Morgan fingerprint density at radius 1 is 1.44 bits per heavy atom. The van der Waals surface area contributed by atoms with Gasteiger partial charge >= 0.3 is 0 Å². The molecule has 2 heteroatoms. The molecule has 1 unspecified atom stereocenters. The van der Waals surface area contributed by atoms with Crippen molar-refractivity contribution in [3.63, 3.8) is 0 Å². The van der Waals surface area contributed by atoms with Gasteiger partial charge in [-0.3, -0.25) is 0 Å². The summed E-state index contributed by atoms with van der Waals surface area (Å²) in [6.07, 6.45) is 5.51. The molecule has 1 saturated carbocycles.